The summed E-state index contributed by atoms with van der Waals surface area (Å²) in [6.07, 6.45) is 9.97. The number of ether oxygens (including phenoxy) is 1. The summed E-state index contributed by atoms with van der Waals surface area (Å²) in [6, 6.07) is 11.4. The fourth-order valence-electron chi connectivity index (χ4n) is 4.23. The molecule has 4 aromatic rings. The molecule has 1 amide bonds. The van der Waals surface area contributed by atoms with Crippen LogP contribution in [0.1, 0.15) is 18.9 Å². The molecule has 4 heterocycles. The Hall–Kier alpha value is -3.71. The summed E-state index contributed by atoms with van der Waals surface area (Å²) in [7, 11) is 0. The van der Waals surface area contributed by atoms with Crippen LogP contribution in [0.2, 0.25) is 5.02 Å². The number of aromatic nitrogens is 4. The summed E-state index contributed by atoms with van der Waals surface area (Å²) in [5.74, 6) is 1.38. The van der Waals surface area contributed by atoms with Gasteiger partial charge in [-0.1, -0.05) is 18.2 Å². The van der Waals surface area contributed by atoms with Gasteiger partial charge in [0.25, 0.3) is 0 Å². The maximum atomic E-state index is 12.2. The average Bonchev–Trinajstić information content (AvgIpc) is 3.26. The Kier molecular flexibility index (Phi) is 5.79. The molecular weight excluding hydrogens is 438 g/mol. The van der Waals surface area contributed by atoms with Crippen molar-refractivity contribution >= 4 is 28.4 Å². The molecule has 0 spiro atoms. The van der Waals surface area contributed by atoms with Crippen molar-refractivity contribution in [3.05, 3.63) is 78.9 Å². The highest BCUT2D eigenvalue weighted by molar-refractivity contribution is 6.35. The molecular formula is C25H22ClN5O2. The molecule has 8 heteroatoms. The van der Waals surface area contributed by atoms with Crippen molar-refractivity contribution in [2.45, 2.75) is 18.9 Å². The first-order valence-electron chi connectivity index (χ1n) is 10.8. The van der Waals surface area contributed by atoms with Gasteiger partial charge < -0.3 is 9.64 Å². The fourth-order valence-corrected chi connectivity index (χ4v) is 4.47. The lowest BCUT2D eigenvalue weighted by Crippen LogP contribution is -2.40. The zero-order valence-corrected chi connectivity index (χ0v) is 18.7. The van der Waals surface area contributed by atoms with Gasteiger partial charge in [0.1, 0.15) is 17.2 Å². The molecule has 7 nitrogen and oxygen atoms in total. The average molecular weight is 460 g/mol. The summed E-state index contributed by atoms with van der Waals surface area (Å²) in [4.78, 5) is 22.3. The van der Waals surface area contributed by atoms with Crippen molar-refractivity contribution in [1.29, 1.82) is 0 Å². The first-order valence-corrected chi connectivity index (χ1v) is 11.1. The molecule has 0 unspecified atom stereocenters. The highest BCUT2D eigenvalue weighted by atomic mass is 35.5. The second-order valence-electron chi connectivity index (χ2n) is 7.90. The fraction of sp³-hybridized carbons (Fsp3) is 0.200. The number of likely N-dealkylation sites (tertiary alicyclic amines) is 1. The second kappa shape index (κ2) is 9.03. The van der Waals surface area contributed by atoms with Gasteiger partial charge in [-0.3, -0.25) is 19.4 Å². The van der Waals surface area contributed by atoms with Crippen LogP contribution in [-0.2, 0) is 4.79 Å². The lowest BCUT2D eigenvalue weighted by molar-refractivity contribution is -0.127. The van der Waals surface area contributed by atoms with Crippen LogP contribution in [0.3, 0.4) is 0 Å². The standard InChI is InChI=1S/C25H22ClN5O2/c1-2-23(32)30-13-3-4-18(16-30)31-25-21(14-28-15-22(25)26)24(29-31)17-5-7-19(8-6-17)33-20-9-11-27-12-10-20/h2,5-12,14-15,18H,1,3-4,13,16H2/t18-/m1/s1. The summed E-state index contributed by atoms with van der Waals surface area (Å²) in [5, 5.41) is 6.37. The lowest BCUT2D eigenvalue weighted by Gasteiger charge is -2.32. The minimum Gasteiger partial charge on any atom is -0.457 e. The van der Waals surface area contributed by atoms with Gasteiger partial charge >= 0.3 is 0 Å². The smallest absolute Gasteiger partial charge is 0.246 e. The van der Waals surface area contributed by atoms with E-state index in [-0.39, 0.29) is 11.9 Å². The van der Waals surface area contributed by atoms with Gasteiger partial charge in [-0.05, 0) is 55.3 Å². The third kappa shape index (κ3) is 4.19. The SMILES string of the molecule is C=CC(=O)N1CCC[C@@H](n2nc(-c3ccc(Oc4ccncc4)cc3)c3cncc(Cl)c32)C1. The van der Waals surface area contributed by atoms with Crippen molar-refractivity contribution in [1.82, 2.24) is 24.6 Å². The van der Waals surface area contributed by atoms with E-state index in [1.54, 1.807) is 36.9 Å². The van der Waals surface area contributed by atoms with E-state index in [0.717, 1.165) is 53.0 Å². The third-order valence-electron chi connectivity index (χ3n) is 5.81. The number of hydrogen-bond acceptors (Lipinski definition) is 5. The van der Waals surface area contributed by atoms with E-state index in [1.807, 2.05) is 33.8 Å². The molecule has 0 N–H and O–H groups in total. The number of pyridine rings is 2. The topological polar surface area (TPSA) is 73.1 Å². The highest BCUT2D eigenvalue weighted by Gasteiger charge is 2.27. The predicted octanol–water partition coefficient (Wildman–Crippen LogP) is 5.29. The molecule has 1 aliphatic heterocycles. The zero-order chi connectivity index (χ0) is 22.8. The maximum absolute atomic E-state index is 12.2. The molecule has 1 aromatic carbocycles. The Bertz CT molecular complexity index is 1300. The van der Waals surface area contributed by atoms with Crippen LogP contribution >= 0.6 is 11.6 Å². The first-order chi connectivity index (χ1) is 16.1. The van der Waals surface area contributed by atoms with E-state index in [9.17, 15) is 4.79 Å². The van der Waals surface area contributed by atoms with Gasteiger partial charge in [0.2, 0.25) is 5.91 Å². The lowest BCUT2D eigenvalue weighted by atomic mass is 10.1. The number of fused-ring (bicyclic) bond motifs is 1. The van der Waals surface area contributed by atoms with Gasteiger partial charge in [-0.15, -0.1) is 0 Å². The molecule has 0 bridgehead atoms. The molecule has 0 saturated carbocycles. The third-order valence-corrected chi connectivity index (χ3v) is 6.08. The van der Waals surface area contributed by atoms with Gasteiger partial charge in [-0.2, -0.15) is 5.10 Å². The van der Waals surface area contributed by atoms with Crippen molar-refractivity contribution in [3.8, 4) is 22.8 Å². The molecule has 3 aromatic heterocycles. The number of hydrogen-bond donors (Lipinski definition) is 0. The molecule has 1 fully saturated rings. The number of nitrogens with zero attached hydrogens (tertiary/aromatic N) is 5. The molecule has 1 atom stereocenters. The van der Waals surface area contributed by atoms with Crippen LogP contribution in [0.15, 0.2) is 73.8 Å². The van der Waals surface area contributed by atoms with Crippen LogP contribution < -0.4 is 4.74 Å². The van der Waals surface area contributed by atoms with Gasteiger partial charge in [-0.25, -0.2) is 0 Å². The highest BCUT2D eigenvalue weighted by Crippen LogP contribution is 2.36. The van der Waals surface area contributed by atoms with Gasteiger partial charge in [0.15, 0.2) is 0 Å². The maximum Gasteiger partial charge on any atom is 0.246 e. The van der Waals surface area contributed by atoms with Crippen molar-refractivity contribution < 1.29 is 9.53 Å². The molecule has 1 saturated heterocycles. The summed E-state index contributed by atoms with van der Waals surface area (Å²) >= 11 is 6.58. The number of piperidine rings is 1. The molecule has 5 rings (SSSR count). The van der Waals surface area contributed by atoms with Crippen LogP contribution in [0.4, 0.5) is 0 Å². The van der Waals surface area contributed by atoms with Crippen LogP contribution in [-0.4, -0.2) is 43.6 Å². The summed E-state index contributed by atoms with van der Waals surface area (Å²) in [5.41, 5.74) is 2.55. The van der Waals surface area contributed by atoms with Gasteiger partial charge in [0.05, 0.1) is 16.6 Å². The monoisotopic (exact) mass is 459 g/mol. The number of benzene rings is 1. The van der Waals surface area contributed by atoms with Crippen molar-refractivity contribution in [2.24, 2.45) is 0 Å². The Morgan fingerprint density at radius 2 is 1.85 bits per heavy atom. The zero-order valence-electron chi connectivity index (χ0n) is 17.9. The second-order valence-corrected chi connectivity index (χ2v) is 8.31. The molecule has 166 valence electrons. The number of amides is 1. The van der Waals surface area contributed by atoms with E-state index < -0.39 is 0 Å². The molecule has 0 radical (unpaired) electrons. The van der Waals surface area contributed by atoms with Crippen molar-refractivity contribution in [3.63, 3.8) is 0 Å². The van der Waals surface area contributed by atoms with Gasteiger partial charge in [0, 0.05) is 48.8 Å². The number of halogens is 1. The molecule has 0 aliphatic carbocycles. The van der Waals surface area contributed by atoms with E-state index in [4.69, 9.17) is 21.4 Å². The quantitative estimate of drug-likeness (QED) is 0.379. The van der Waals surface area contributed by atoms with Crippen LogP contribution in [0.5, 0.6) is 11.5 Å². The minimum atomic E-state index is -0.0612. The molecule has 1 aliphatic rings. The van der Waals surface area contributed by atoms with E-state index in [0.29, 0.717) is 11.6 Å². The first kappa shape index (κ1) is 21.2. The summed E-state index contributed by atoms with van der Waals surface area (Å²) in [6.45, 7) is 4.91. The van der Waals surface area contributed by atoms with Crippen molar-refractivity contribution in [2.75, 3.05) is 13.1 Å². The number of rotatable bonds is 5. The Morgan fingerprint density at radius 1 is 1.09 bits per heavy atom. The van der Waals surface area contributed by atoms with E-state index in [1.165, 1.54) is 6.08 Å². The van der Waals surface area contributed by atoms with E-state index >= 15 is 0 Å². The van der Waals surface area contributed by atoms with Crippen LogP contribution in [0, 0.1) is 0 Å². The largest absolute Gasteiger partial charge is 0.457 e. The Morgan fingerprint density at radius 3 is 2.61 bits per heavy atom. The Balaban J connectivity index is 1.50. The predicted molar refractivity (Wildman–Crippen MR) is 127 cm³/mol. The summed E-state index contributed by atoms with van der Waals surface area (Å²) < 4.78 is 7.83. The minimum absolute atomic E-state index is 0.0214. The number of carbonyl (C=O) groups is 1. The number of carbonyl (C=O) groups excluding carboxylic acids is 1. The normalized spacial score (nSPS) is 16.0. The molecule has 33 heavy (non-hydrogen) atoms. The van der Waals surface area contributed by atoms with Crippen LogP contribution in [0.25, 0.3) is 22.2 Å². The Labute approximate surface area is 196 Å². The van der Waals surface area contributed by atoms with E-state index in [2.05, 4.69) is 16.5 Å².